The molecule has 7 heterocycles. The van der Waals surface area contributed by atoms with Crippen molar-refractivity contribution in [3.05, 3.63) is 55.0 Å². The Bertz CT molecular complexity index is 1870. The van der Waals surface area contributed by atoms with Gasteiger partial charge in [-0.15, -0.1) is 0 Å². The van der Waals surface area contributed by atoms with Crippen LogP contribution >= 0.6 is 0 Å². The number of nitrogens with zero attached hydrogens (tertiary/aromatic N) is 9. The first-order valence-electron chi connectivity index (χ1n) is 10.7. The number of aromatic nitrogens is 9. The third-order valence-corrected chi connectivity index (χ3v) is 6.08. The highest BCUT2D eigenvalue weighted by Crippen LogP contribution is 2.34. The molecule has 162 valence electrons. The molecule has 0 saturated carbocycles. The zero-order chi connectivity index (χ0) is 23.0. The second-order valence-electron chi connectivity index (χ2n) is 8.09. The molecule has 6 aromatic heterocycles. The summed E-state index contributed by atoms with van der Waals surface area (Å²) in [6, 6.07) is 11.2. The van der Waals surface area contributed by atoms with Gasteiger partial charge in [-0.2, -0.15) is 0 Å². The van der Waals surface area contributed by atoms with Crippen molar-refractivity contribution in [3.63, 3.8) is 0 Å². The highest BCUT2D eigenvalue weighted by Gasteiger charge is 2.25. The molecule has 0 N–H and O–H groups in total. The van der Waals surface area contributed by atoms with Crippen molar-refractivity contribution in [3.8, 4) is 22.9 Å². The molecule has 1 aliphatic rings. The van der Waals surface area contributed by atoms with Crippen LogP contribution in [0.4, 0.5) is 4.32 Å². The monoisotopic (exact) mass is 447 g/mol. The summed E-state index contributed by atoms with van der Waals surface area (Å²) < 4.78 is 18.5. The number of hydrogen-bond acceptors (Lipinski definition) is 7. The first-order valence-corrected chi connectivity index (χ1v) is 10.7. The van der Waals surface area contributed by atoms with Crippen LogP contribution in [0.1, 0.15) is 0 Å². The molecule has 11 heteroatoms. The molecule has 1 aliphatic heterocycles. The van der Waals surface area contributed by atoms with Gasteiger partial charge in [-0.25, -0.2) is 19.9 Å². The minimum absolute atomic E-state index is 0.339. The van der Waals surface area contributed by atoms with Gasteiger partial charge in [0.25, 0.3) is 0 Å². The second-order valence-corrected chi connectivity index (χ2v) is 8.09. The first kappa shape index (κ1) is 19.0. The zero-order valence-electron chi connectivity index (χ0n) is 18.2. The fourth-order valence-corrected chi connectivity index (χ4v) is 4.57. The lowest BCUT2D eigenvalue weighted by atomic mass is 9.92. The Labute approximate surface area is 191 Å². The predicted octanol–water partition coefficient (Wildman–Crippen LogP) is 3.91. The van der Waals surface area contributed by atoms with E-state index in [4.69, 9.17) is 19.9 Å². The Balaban J connectivity index is 1.86. The average molecular weight is 447 g/mol. The average Bonchev–Trinajstić information content (AvgIpc) is 3.45. The molecule has 34 heavy (non-hydrogen) atoms. The Morgan fingerprint density at radius 2 is 1.35 bits per heavy atom. The molecule has 6 aromatic rings. The number of hydrogen-bond donors (Lipinski definition) is 0. The molecule has 0 atom stereocenters. The predicted molar refractivity (Wildman–Crippen MR) is 128 cm³/mol. The lowest BCUT2D eigenvalue weighted by molar-refractivity contribution is 0.808. The topological polar surface area (TPSA) is 100 Å². The quantitative estimate of drug-likeness (QED) is 0.352. The fraction of sp³-hybridized carbons (Fsp3) is 0.0870. The smallest absolute Gasteiger partial charge is 0.323 e. The maximum Gasteiger partial charge on any atom is 0.464 e. The highest BCUT2D eigenvalue weighted by atomic mass is 19.1. The molecule has 0 spiro atoms. The van der Waals surface area contributed by atoms with Gasteiger partial charge in [0, 0.05) is 42.0 Å². The summed E-state index contributed by atoms with van der Waals surface area (Å²) in [6.45, 7) is 1.45. The van der Waals surface area contributed by atoms with E-state index in [9.17, 15) is 0 Å². The lowest BCUT2D eigenvalue weighted by Gasteiger charge is -2.03. The second kappa shape index (κ2) is 6.73. The van der Waals surface area contributed by atoms with E-state index in [2.05, 4.69) is 15.0 Å². The van der Waals surface area contributed by atoms with Crippen molar-refractivity contribution in [2.75, 3.05) is 0 Å². The molecule has 0 aliphatic carbocycles. The molecule has 7 rings (SSSR count). The minimum atomic E-state index is -1.42. The van der Waals surface area contributed by atoms with Crippen LogP contribution in [0.2, 0.25) is 6.82 Å². The van der Waals surface area contributed by atoms with E-state index >= 15 is 4.32 Å². The maximum absolute atomic E-state index is 15.2. The highest BCUT2D eigenvalue weighted by molar-refractivity contribution is 6.50. The zero-order valence-corrected chi connectivity index (χ0v) is 18.2. The van der Waals surface area contributed by atoms with Gasteiger partial charge in [-0.3, -0.25) is 15.0 Å². The van der Waals surface area contributed by atoms with Crippen LogP contribution in [0.3, 0.4) is 0 Å². The van der Waals surface area contributed by atoms with Crippen LogP contribution in [0.15, 0.2) is 55.0 Å². The van der Waals surface area contributed by atoms with Crippen molar-refractivity contribution >= 4 is 51.5 Å². The molecule has 9 nitrogen and oxygen atoms in total. The molecule has 0 amide bonds. The normalized spacial score (nSPS) is 12.0. The Kier molecular flexibility index (Phi) is 3.76. The fourth-order valence-electron chi connectivity index (χ4n) is 4.57. The van der Waals surface area contributed by atoms with Crippen molar-refractivity contribution in [2.45, 2.75) is 6.82 Å². The largest absolute Gasteiger partial charge is 0.464 e. The number of halogens is 1. The van der Waals surface area contributed by atoms with E-state index in [-0.39, 0.29) is 0 Å². The molecule has 0 unspecified atom stereocenters. The summed E-state index contributed by atoms with van der Waals surface area (Å²) in [5.74, 6) is 0.828. The van der Waals surface area contributed by atoms with Gasteiger partial charge in [-0.05, 0) is 43.2 Å². The van der Waals surface area contributed by atoms with Crippen LogP contribution in [0, 0.1) is 0 Å². The number of aryl methyl sites for hydroxylation is 1. The maximum atomic E-state index is 15.2. The molecular weight excluding hydrogens is 432 g/mol. The van der Waals surface area contributed by atoms with Gasteiger partial charge in [0.15, 0.2) is 22.9 Å². The summed E-state index contributed by atoms with van der Waals surface area (Å²) >= 11 is 0. The Morgan fingerprint density at radius 1 is 0.706 bits per heavy atom. The molecule has 6 bridgehead atoms. The summed E-state index contributed by atoms with van der Waals surface area (Å²) in [7, 11) is 0.444. The first-order chi connectivity index (χ1) is 16.6. The van der Waals surface area contributed by atoms with Crippen molar-refractivity contribution in [1.29, 1.82) is 0 Å². The Hall–Kier alpha value is -4.54. The summed E-state index contributed by atoms with van der Waals surface area (Å²) in [6.07, 6.45) is 5.06. The van der Waals surface area contributed by atoms with E-state index in [1.807, 2.05) is 41.9 Å². The van der Waals surface area contributed by atoms with E-state index in [0.29, 0.717) is 56.4 Å². The van der Waals surface area contributed by atoms with E-state index < -0.39 is 7.12 Å². The third kappa shape index (κ3) is 2.46. The van der Waals surface area contributed by atoms with Crippen LogP contribution < -0.4 is 0 Å². The summed E-state index contributed by atoms with van der Waals surface area (Å²) in [5, 5.41) is 1.49. The van der Waals surface area contributed by atoms with Crippen LogP contribution in [0.25, 0.3) is 67.3 Å². The standard InChI is InChI=1S/C23H15BFN9/c1-24(25)34-21-14-8-5-11-28-17(14)23(34)30-18-12-6-3-9-26-15(12)19(29-18)31-20-13-7-4-10-27-16(13)22(32-21)33(20)2/h3-11H,1-2H3. The van der Waals surface area contributed by atoms with E-state index in [1.54, 1.807) is 24.7 Å². The molecule has 0 saturated heterocycles. The van der Waals surface area contributed by atoms with Crippen LogP contribution in [-0.2, 0) is 7.05 Å². The number of rotatable bonds is 1. The van der Waals surface area contributed by atoms with Gasteiger partial charge in [0.05, 0.1) is 0 Å². The van der Waals surface area contributed by atoms with Gasteiger partial charge < -0.3 is 13.4 Å². The third-order valence-electron chi connectivity index (χ3n) is 6.08. The van der Waals surface area contributed by atoms with Gasteiger partial charge >= 0.3 is 7.12 Å². The van der Waals surface area contributed by atoms with E-state index in [1.165, 1.54) is 11.3 Å². The van der Waals surface area contributed by atoms with Crippen LogP contribution in [-0.4, -0.2) is 51.1 Å². The number of pyridine rings is 3. The molecular formula is C23H15BFN9. The van der Waals surface area contributed by atoms with Crippen molar-refractivity contribution in [2.24, 2.45) is 7.05 Å². The van der Waals surface area contributed by atoms with Gasteiger partial charge in [0.2, 0.25) is 0 Å². The SMILES string of the molecule is CB(F)n1c2nc3c4ncccc4c(nc4nc(nc1c1ncccc12)-c1cccnc1-4)n3C. The van der Waals surface area contributed by atoms with Gasteiger partial charge in [0.1, 0.15) is 28.0 Å². The summed E-state index contributed by atoms with van der Waals surface area (Å²) in [5.41, 5.74) is 4.46. The number of fused-ring (bicyclic) bond motifs is 15. The summed E-state index contributed by atoms with van der Waals surface area (Å²) in [4.78, 5) is 32.9. The molecule has 0 aromatic carbocycles. The van der Waals surface area contributed by atoms with Crippen LogP contribution in [0.5, 0.6) is 0 Å². The van der Waals surface area contributed by atoms with Crippen molar-refractivity contribution in [1.82, 2.24) is 43.9 Å². The van der Waals surface area contributed by atoms with Gasteiger partial charge in [-0.1, -0.05) is 0 Å². The Morgan fingerprint density at radius 3 is 2.12 bits per heavy atom. The molecule has 0 radical (unpaired) electrons. The van der Waals surface area contributed by atoms with E-state index in [0.717, 1.165) is 10.9 Å². The lowest BCUT2D eigenvalue weighted by Crippen LogP contribution is -2.15. The van der Waals surface area contributed by atoms with Crippen molar-refractivity contribution < 1.29 is 4.32 Å². The molecule has 0 fully saturated rings. The minimum Gasteiger partial charge on any atom is -0.323 e.